The number of nitrogens with one attached hydrogen (secondary N) is 19. The molecule has 760 valence electrons. The van der Waals surface area contributed by atoms with Gasteiger partial charge in [0.2, 0.25) is 88.6 Å². The van der Waals surface area contributed by atoms with Gasteiger partial charge in [0.15, 0.2) is 11.9 Å². The number of aromatic nitrogens is 2. The number of carboxylic acid groups (broad SMARTS) is 3. The average Bonchev–Trinajstić information content (AvgIpc) is 1.66. The third-order valence-corrected chi connectivity index (χ3v) is 23.5. The number of unbranched alkanes of at least 4 members (excludes halogenated alkanes) is 1. The highest BCUT2D eigenvalue weighted by Crippen LogP contribution is 2.25. The van der Waals surface area contributed by atoms with E-state index >= 15 is 24.0 Å². The molecule has 140 heavy (non-hydrogen) atoms. The number of phenols is 2. The number of likely N-dealkylation sites (tertiary alicyclic amines) is 1. The van der Waals surface area contributed by atoms with Crippen LogP contribution in [0.3, 0.4) is 0 Å². The predicted octanol–water partition coefficient (Wildman–Crippen LogP) is -4.03. The topological polar surface area (TPSA) is 801 Å². The molecule has 0 unspecified atom stereocenters. The molecule has 0 saturated carbocycles. The maximum atomic E-state index is 15.6. The van der Waals surface area contributed by atoms with Gasteiger partial charge in [-0.15, -0.1) is 0 Å². The number of carboxylic acids is 3. The molecule has 3 heterocycles. The summed E-state index contributed by atoms with van der Waals surface area (Å²) in [5, 5.41) is 105. The van der Waals surface area contributed by atoms with Crippen LogP contribution in [0.5, 0.6) is 11.5 Å². The highest BCUT2D eigenvalue weighted by atomic mass is 32.2. The number of benzene rings is 4. The van der Waals surface area contributed by atoms with Crippen LogP contribution >= 0.6 is 11.8 Å². The fourth-order valence-electron chi connectivity index (χ4n) is 15.3. The Bertz CT molecular complexity index is 5350. The summed E-state index contributed by atoms with van der Waals surface area (Å²) in [7, 11) is 0. The van der Waals surface area contributed by atoms with Crippen LogP contribution in [0, 0.1) is 16.7 Å². The minimum Gasteiger partial charge on any atom is -0.508 e. The summed E-state index contributed by atoms with van der Waals surface area (Å²) in [5.41, 5.74) is 31.1. The number of aromatic amines is 2. The lowest BCUT2D eigenvalue weighted by Crippen LogP contribution is -2.61. The van der Waals surface area contributed by atoms with Gasteiger partial charge < -0.3 is 149 Å². The number of fused-ring (bicyclic) bond motifs is 2. The van der Waals surface area contributed by atoms with Gasteiger partial charge in [-0.2, -0.15) is 11.8 Å². The van der Waals surface area contributed by atoms with Gasteiger partial charge in [-0.25, -0.2) is 0 Å². The van der Waals surface area contributed by atoms with Gasteiger partial charge >= 0.3 is 17.9 Å². The van der Waals surface area contributed by atoms with Crippen molar-refractivity contribution in [2.75, 3.05) is 51.3 Å². The molecule has 1 aliphatic heterocycles. The molecular formula is C91H127N25O23S. The normalized spacial score (nSPS) is 14.8. The van der Waals surface area contributed by atoms with E-state index in [1.807, 2.05) is 0 Å². The number of hydrogen-bond acceptors (Lipinski definition) is 25. The number of hydrogen-bond donors (Lipinski definition) is 29. The second-order valence-electron chi connectivity index (χ2n) is 34.0. The second kappa shape index (κ2) is 56.5. The van der Waals surface area contributed by atoms with Crippen LogP contribution in [0.4, 0.5) is 0 Å². The summed E-state index contributed by atoms with van der Waals surface area (Å²) in [4.78, 5) is 261. The zero-order valence-electron chi connectivity index (χ0n) is 77.7. The molecule has 1 fully saturated rings. The van der Waals surface area contributed by atoms with Crippen LogP contribution in [0.15, 0.2) is 109 Å². The standard InChI is InChI=1S/C91H127N25O23S/c1-48(2)76(94)88(138)103-46-72(120)105-64(19-11-36-100-91(97)98)89(139)116-37-12-20-70(116)87(137)110-62(30-32-73(121)122)81(131)113-68(42-52-45-102-58-16-7-5-14-56(52)58)85(135)114-67(41-51-44-101-57-15-6-4-13-55(51)57)84(134)109-63(33-38-140-3)82(132)115-69(43-74(123)124)86(136)112-66(40-50-23-27-54(118)28-24-50)83(133)108-61(29-31-71(93)119)80(130)106-59(17-8-9-34-92)78(128)107-60(18-10-35-99-90(95)96)79(129)111-65(77(127)104-47-75(125)126)39-49-21-25-53(117)26-22-49/h4-7,13-16,21-28,44-45,48,59-70,76,101-102,117-118H,8-12,17-20,29-43,46-47,92,94H2,1-3H3,(H2,93,119)(H,103,138)(H,104,127)(H,105,120)(H,106,130)(H,107,128)(H,108,133)(H,109,134)(H,110,137)(H,111,129)(H,112,136)(H,113,131)(H,114,135)(H,115,132)(H,121,122)(H,123,124)(H,125,126)(H4,95,96,99)(H4,97,98,100)/t59-,60-,61-,62-,63-,64-,65-,66-,67-,68-,69-,70-,76-/m0/s1. The number of H-pyrrole nitrogens is 2. The zero-order valence-corrected chi connectivity index (χ0v) is 78.5. The first-order valence-electron chi connectivity index (χ1n) is 45.5. The Kier molecular flexibility index (Phi) is 45.1. The Hall–Kier alpha value is -15.2. The van der Waals surface area contributed by atoms with E-state index in [-0.39, 0.29) is 144 Å². The number of carbonyl (C=O) groups excluding carboxylic acids is 15. The van der Waals surface area contributed by atoms with Gasteiger partial charge in [0.05, 0.1) is 19.0 Å². The molecule has 48 nitrogen and oxygen atoms in total. The van der Waals surface area contributed by atoms with Crippen molar-refractivity contribution in [3.8, 4) is 11.5 Å². The summed E-state index contributed by atoms with van der Waals surface area (Å²) in [6.07, 6.45) is -0.414. The Morgan fingerprint density at radius 3 is 1.28 bits per heavy atom. The summed E-state index contributed by atoms with van der Waals surface area (Å²) in [6.45, 7) is 2.09. The van der Waals surface area contributed by atoms with E-state index in [9.17, 15) is 87.9 Å². The molecule has 7 rings (SSSR count). The van der Waals surface area contributed by atoms with E-state index in [0.29, 0.717) is 38.5 Å². The van der Waals surface area contributed by atoms with Crippen LogP contribution in [0.1, 0.15) is 132 Å². The van der Waals surface area contributed by atoms with E-state index in [4.69, 9.17) is 39.5 Å². The van der Waals surface area contributed by atoms with Crippen molar-refractivity contribution in [1.82, 2.24) is 94.6 Å². The minimum absolute atomic E-state index is 0.0138. The number of aromatic hydroxyl groups is 2. The van der Waals surface area contributed by atoms with Crippen molar-refractivity contribution in [2.24, 2.45) is 34.6 Å². The lowest BCUT2D eigenvalue weighted by Gasteiger charge is -2.30. The third kappa shape index (κ3) is 37.0. The molecule has 34 N–H and O–H groups in total. The molecule has 13 atom stereocenters. The number of guanidine groups is 2. The Morgan fingerprint density at radius 1 is 0.436 bits per heavy atom. The molecule has 0 radical (unpaired) electrons. The first-order chi connectivity index (χ1) is 66.6. The summed E-state index contributed by atoms with van der Waals surface area (Å²) >= 11 is 1.19. The van der Waals surface area contributed by atoms with Gasteiger partial charge in [0.1, 0.15) is 90.5 Å². The van der Waals surface area contributed by atoms with Gasteiger partial charge in [-0.3, -0.25) is 97.1 Å². The van der Waals surface area contributed by atoms with Crippen molar-refractivity contribution in [3.05, 3.63) is 132 Å². The number of nitrogens with zero attached hydrogens (tertiary/aromatic N) is 1. The van der Waals surface area contributed by atoms with Crippen LogP contribution in [0.25, 0.3) is 21.8 Å². The minimum atomic E-state index is -2.13. The first-order valence-corrected chi connectivity index (χ1v) is 46.9. The maximum Gasteiger partial charge on any atom is 0.322 e. The lowest BCUT2D eigenvalue weighted by atomic mass is 10.0. The molecule has 4 aromatic carbocycles. The van der Waals surface area contributed by atoms with Crippen molar-refractivity contribution >= 4 is 152 Å². The van der Waals surface area contributed by atoms with E-state index in [0.717, 1.165) is 0 Å². The van der Waals surface area contributed by atoms with E-state index in [1.54, 1.807) is 81.0 Å². The number of thioether (sulfide) groups is 1. The number of aliphatic carboxylic acids is 3. The Morgan fingerprint density at radius 2 is 0.836 bits per heavy atom. The van der Waals surface area contributed by atoms with Gasteiger partial charge in [-0.05, 0) is 160 Å². The number of primary amides is 1. The van der Waals surface area contributed by atoms with Crippen LogP contribution in [-0.2, 0) is 112 Å². The fourth-order valence-corrected chi connectivity index (χ4v) is 15.8. The fraction of sp³-hybridized carbons (Fsp3) is 0.473. The highest BCUT2D eigenvalue weighted by Gasteiger charge is 2.42. The van der Waals surface area contributed by atoms with E-state index < -0.39 is 243 Å². The predicted molar refractivity (Wildman–Crippen MR) is 512 cm³/mol. The molecule has 15 amide bonds. The number of nitrogens with two attached hydrogens (primary N) is 5. The van der Waals surface area contributed by atoms with Crippen molar-refractivity contribution in [1.29, 1.82) is 10.8 Å². The molecule has 2 aromatic heterocycles. The van der Waals surface area contributed by atoms with Crippen molar-refractivity contribution in [2.45, 2.75) is 214 Å². The Labute approximate surface area is 808 Å². The smallest absolute Gasteiger partial charge is 0.322 e. The summed E-state index contributed by atoms with van der Waals surface area (Å²) < 4.78 is 0. The third-order valence-electron chi connectivity index (χ3n) is 22.8. The van der Waals surface area contributed by atoms with Gasteiger partial charge in [-0.1, -0.05) is 74.5 Å². The molecule has 0 spiro atoms. The molecule has 0 aliphatic carbocycles. The first kappa shape index (κ1) is 112. The number of para-hydroxylation sites is 2. The lowest BCUT2D eigenvalue weighted by molar-refractivity contribution is -0.142. The molecule has 0 bridgehead atoms. The second-order valence-corrected chi connectivity index (χ2v) is 34.9. The number of carbonyl (C=O) groups is 18. The van der Waals surface area contributed by atoms with E-state index in [2.05, 4.69) is 89.7 Å². The largest absolute Gasteiger partial charge is 0.508 e. The molecule has 6 aromatic rings. The van der Waals surface area contributed by atoms with Crippen molar-refractivity contribution < 1.29 is 112 Å². The highest BCUT2D eigenvalue weighted by molar-refractivity contribution is 7.98. The number of phenolic OH excluding ortho intramolecular Hbond substituents is 2. The quantitative estimate of drug-likeness (QED) is 0.00982. The summed E-state index contributed by atoms with van der Waals surface area (Å²) in [6, 6.07) is 3.33. The van der Waals surface area contributed by atoms with Gasteiger partial charge in [0.25, 0.3) is 0 Å². The van der Waals surface area contributed by atoms with Crippen molar-refractivity contribution in [3.63, 3.8) is 0 Å². The molecule has 1 aliphatic rings. The maximum absolute atomic E-state index is 15.6. The average molecular weight is 1970 g/mol. The Balaban J connectivity index is 1.17. The molecule has 49 heteroatoms. The number of rotatable bonds is 60. The number of amides is 15. The van der Waals surface area contributed by atoms with Gasteiger partial charge in [0, 0.05) is 92.4 Å². The molecule has 1 saturated heterocycles. The van der Waals surface area contributed by atoms with Crippen LogP contribution < -0.4 is 108 Å². The summed E-state index contributed by atoms with van der Waals surface area (Å²) in [5.74, 6) is -21.1. The zero-order chi connectivity index (χ0) is 103. The van der Waals surface area contributed by atoms with E-state index in [1.165, 1.54) is 65.2 Å². The monoisotopic (exact) mass is 1970 g/mol. The van der Waals surface area contributed by atoms with Crippen LogP contribution in [0.2, 0.25) is 0 Å². The molecular weight excluding hydrogens is 1840 g/mol. The van der Waals surface area contributed by atoms with Crippen LogP contribution in [-0.4, -0.2) is 289 Å². The SMILES string of the molecule is CSCC[C@H](NC(=O)[C@H](Cc1c[nH]c2ccccc12)NC(=O)[C@H](Cc1c[nH]c2ccccc12)NC(=O)[C@H](CCC(=O)O)NC(=O)[C@@H]1CCCN1C(=O)[C@H](CCCNC(=N)N)NC(=O)CNC(=O)[C@@H](N)C(C)C)C(=O)N[C@@H](CC(=O)O)C(=O)N[C@@H](Cc1ccc(O)cc1)C(=O)N[C@@H](CCC(N)=O)C(=O)N[C@@H](CCCCN)C(=O)N[C@@H](CCCNC(=N)N)C(=O)N[C@@H](Cc1ccc(O)cc1)C(=O)NCC(=O)O.